The number of benzene rings is 1. The number of urea groups is 1. The van der Waals surface area contributed by atoms with Crippen molar-refractivity contribution in [2.45, 2.75) is 26.0 Å². The first kappa shape index (κ1) is 15.6. The van der Waals surface area contributed by atoms with Crippen LogP contribution in [0.2, 0.25) is 5.02 Å². The first-order valence-corrected chi connectivity index (χ1v) is 6.98. The minimum atomic E-state index is -1.10. The molecule has 2 N–H and O–H groups in total. The van der Waals surface area contributed by atoms with Crippen LogP contribution in [-0.2, 0) is 4.74 Å². The number of amides is 2. The molecule has 1 aliphatic heterocycles. The molecular weight excluding hydrogens is 296 g/mol. The zero-order valence-corrected chi connectivity index (χ0v) is 12.6. The number of carbonyl (C=O) groups is 2. The van der Waals surface area contributed by atoms with Crippen molar-refractivity contribution in [2.75, 3.05) is 18.5 Å². The third-order valence-corrected chi connectivity index (χ3v) is 3.63. The highest BCUT2D eigenvalue weighted by atomic mass is 35.5. The van der Waals surface area contributed by atoms with Crippen LogP contribution in [0.25, 0.3) is 0 Å². The number of nitrogens with one attached hydrogen (secondary N) is 1. The molecule has 2 atom stereocenters. The number of nitrogens with zero attached hydrogens (tertiary/aromatic N) is 1. The van der Waals surface area contributed by atoms with Gasteiger partial charge in [0.2, 0.25) is 0 Å². The quantitative estimate of drug-likeness (QED) is 0.880. The molecule has 1 aliphatic rings. The summed E-state index contributed by atoms with van der Waals surface area (Å²) in [6.07, 6.45) is -0.00933. The molecule has 1 fully saturated rings. The van der Waals surface area contributed by atoms with Crippen molar-refractivity contribution in [1.29, 1.82) is 0 Å². The van der Waals surface area contributed by atoms with Gasteiger partial charge in [0.1, 0.15) is 0 Å². The molecule has 0 bridgehead atoms. The summed E-state index contributed by atoms with van der Waals surface area (Å²) >= 11 is 5.88. The zero-order valence-electron chi connectivity index (χ0n) is 11.8. The van der Waals surface area contributed by atoms with Gasteiger partial charge < -0.3 is 20.1 Å². The van der Waals surface area contributed by atoms with Crippen LogP contribution >= 0.6 is 11.6 Å². The SMILES string of the molecule is CC1CN(C(=O)Nc2ccc(C(=O)O)c(Cl)c2)C(C)CO1. The zero-order chi connectivity index (χ0) is 15.6. The van der Waals surface area contributed by atoms with Gasteiger partial charge in [0.15, 0.2) is 0 Å². The monoisotopic (exact) mass is 312 g/mol. The van der Waals surface area contributed by atoms with Gasteiger partial charge in [-0.05, 0) is 32.0 Å². The Morgan fingerprint density at radius 2 is 2.14 bits per heavy atom. The Kier molecular flexibility index (Phi) is 4.69. The molecule has 2 amide bonds. The van der Waals surface area contributed by atoms with Gasteiger partial charge in [-0.15, -0.1) is 0 Å². The Hall–Kier alpha value is -1.79. The van der Waals surface area contributed by atoms with Crippen LogP contribution in [0.4, 0.5) is 10.5 Å². The van der Waals surface area contributed by atoms with Crippen LogP contribution in [0, 0.1) is 0 Å². The highest BCUT2D eigenvalue weighted by molar-refractivity contribution is 6.33. The molecule has 1 aromatic carbocycles. The maximum atomic E-state index is 12.3. The van der Waals surface area contributed by atoms with Crippen molar-refractivity contribution in [3.05, 3.63) is 28.8 Å². The number of hydrogen-bond acceptors (Lipinski definition) is 3. The standard InChI is InChI=1S/C14H17ClN2O4/c1-8-7-21-9(2)6-17(8)14(20)16-10-3-4-11(13(18)19)12(15)5-10/h3-5,8-9H,6-7H2,1-2H3,(H,16,20)(H,18,19). The van der Waals surface area contributed by atoms with E-state index in [2.05, 4.69) is 5.32 Å². The fraction of sp³-hybridized carbons (Fsp3) is 0.429. The minimum absolute atomic E-state index is 0.00280. The average molecular weight is 313 g/mol. The van der Waals surface area contributed by atoms with E-state index in [9.17, 15) is 9.59 Å². The highest BCUT2D eigenvalue weighted by Crippen LogP contribution is 2.22. The Morgan fingerprint density at radius 1 is 1.43 bits per heavy atom. The second kappa shape index (κ2) is 6.32. The number of rotatable bonds is 2. The van der Waals surface area contributed by atoms with Crippen LogP contribution in [0.15, 0.2) is 18.2 Å². The van der Waals surface area contributed by atoms with E-state index in [1.807, 2.05) is 13.8 Å². The van der Waals surface area contributed by atoms with E-state index in [1.54, 1.807) is 4.90 Å². The molecule has 1 aromatic rings. The molecule has 0 aromatic heterocycles. The third-order valence-electron chi connectivity index (χ3n) is 3.32. The van der Waals surface area contributed by atoms with Crippen molar-refractivity contribution in [1.82, 2.24) is 4.90 Å². The summed E-state index contributed by atoms with van der Waals surface area (Å²) in [4.78, 5) is 24.8. The number of carboxylic acid groups (broad SMARTS) is 1. The van der Waals surface area contributed by atoms with Crippen LogP contribution in [0.1, 0.15) is 24.2 Å². The highest BCUT2D eigenvalue weighted by Gasteiger charge is 2.27. The lowest BCUT2D eigenvalue weighted by Gasteiger charge is -2.36. The first-order valence-electron chi connectivity index (χ1n) is 6.60. The third kappa shape index (κ3) is 3.65. The first-order chi connectivity index (χ1) is 9.88. The lowest BCUT2D eigenvalue weighted by molar-refractivity contribution is -0.0296. The van der Waals surface area contributed by atoms with Gasteiger partial charge in [-0.2, -0.15) is 0 Å². The molecule has 2 rings (SSSR count). The van der Waals surface area contributed by atoms with E-state index in [4.69, 9.17) is 21.4 Å². The van der Waals surface area contributed by atoms with E-state index in [1.165, 1.54) is 18.2 Å². The molecule has 114 valence electrons. The lowest BCUT2D eigenvalue weighted by atomic mass is 10.2. The van der Waals surface area contributed by atoms with Crippen molar-refractivity contribution in [3.63, 3.8) is 0 Å². The summed E-state index contributed by atoms with van der Waals surface area (Å²) in [5.74, 6) is -1.10. The van der Waals surface area contributed by atoms with Gasteiger partial charge in [0.25, 0.3) is 0 Å². The molecule has 0 aliphatic carbocycles. The Bertz CT molecular complexity index is 564. The Morgan fingerprint density at radius 3 is 2.76 bits per heavy atom. The minimum Gasteiger partial charge on any atom is -0.478 e. The number of anilines is 1. The number of aromatic carboxylic acids is 1. The molecule has 2 unspecified atom stereocenters. The van der Waals surface area contributed by atoms with Gasteiger partial charge in [-0.1, -0.05) is 11.6 Å². The van der Waals surface area contributed by atoms with Crippen molar-refractivity contribution < 1.29 is 19.4 Å². The molecule has 21 heavy (non-hydrogen) atoms. The predicted molar refractivity (Wildman–Crippen MR) is 79.0 cm³/mol. The molecule has 1 saturated heterocycles. The van der Waals surface area contributed by atoms with Gasteiger partial charge >= 0.3 is 12.0 Å². The maximum absolute atomic E-state index is 12.3. The smallest absolute Gasteiger partial charge is 0.337 e. The van der Waals surface area contributed by atoms with Crippen molar-refractivity contribution in [2.24, 2.45) is 0 Å². The second-order valence-electron chi connectivity index (χ2n) is 5.08. The van der Waals surface area contributed by atoms with Gasteiger partial charge in [-0.3, -0.25) is 0 Å². The number of hydrogen-bond donors (Lipinski definition) is 2. The largest absolute Gasteiger partial charge is 0.478 e. The second-order valence-corrected chi connectivity index (χ2v) is 5.48. The van der Waals surface area contributed by atoms with E-state index in [-0.39, 0.29) is 28.8 Å². The van der Waals surface area contributed by atoms with Crippen LogP contribution in [0.5, 0.6) is 0 Å². The summed E-state index contributed by atoms with van der Waals surface area (Å²) in [6.45, 7) is 4.82. The number of carbonyl (C=O) groups excluding carboxylic acids is 1. The summed E-state index contributed by atoms with van der Waals surface area (Å²) in [6, 6.07) is 4.04. The summed E-state index contributed by atoms with van der Waals surface area (Å²) < 4.78 is 5.47. The van der Waals surface area contributed by atoms with Crippen molar-refractivity contribution >= 4 is 29.3 Å². The lowest BCUT2D eigenvalue weighted by Crippen LogP contribution is -2.51. The van der Waals surface area contributed by atoms with E-state index < -0.39 is 5.97 Å². The van der Waals surface area contributed by atoms with E-state index in [0.29, 0.717) is 18.8 Å². The van der Waals surface area contributed by atoms with E-state index >= 15 is 0 Å². The molecule has 1 heterocycles. The molecule has 6 nitrogen and oxygen atoms in total. The molecule has 0 spiro atoms. The van der Waals surface area contributed by atoms with Crippen molar-refractivity contribution in [3.8, 4) is 0 Å². The summed E-state index contributed by atoms with van der Waals surface area (Å²) in [5, 5.41) is 11.7. The number of carboxylic acids is 1. The average Bonchev–Trinajstić information content (AvgIpc) is 2.41. The fourth-order valence-electron chi connectivity index (χ4n) is 2.15. The van der Waals surface area contributed by atoms with Crippen LogP contribution < -0.4 is 5.32 Å². The Balaban J connectivity index is 2.09. The summed E-state index contributed by atoms with van der Waals surface area (Å²) in [5.41, 5.74) is 0.462. The van der Waals surface area contributed by atoms with Gasteiger partial charge in [-0.25, -0.2) is 9.59 Å². The number of morpholine rings is 1. The van der Waals surface area contributed by atoms with E-state index in [0.717, 1.165) is 0 Å². The number of ether oxygens (including phenoxy) is 1. The van der Waals surface area contributed by atoms with Crippen LogP contribution in [-0.4, -0.2) is 47.3 Å². The topological polar surface area (TPSA) is 78.9 Å². The Labute approximate surface area is 127 Å². The predicted octanol–water partition coefficient (Wildman–Crippen LogP) is 2.68. The molecule has 0 radical (unpaired) electrons. The summed E-state index contributed by atoms with van der Waals surface area (Å²) in [7, 11) is 0. The maximum Gasteiger partial charge on any atom is 0.337 e. The molecule has 7 heteroatoms. The van der Waals surface area contributed by atoms with Gasteiger partial charge in [0.05, 0.1) is 29.3 Å². The van der Waals surface area contributed by atoms with Gasteiger partial charge in [0, 0.05) is 12.2 Å². The normalized spacial score (nSPS) is 22.0. The molecular formula is C14H17ClN2O4. The number of halogens is 1. The van der Waals surface area contributed by atoms with Crippen LogP contribution in [0.3, 0.4) is 0 Å². The molecule has 0 saturated carbocycles. The fourth-order valence-corrected chi connectivity index (χ4v) is 2.41.